The highest BCUT2D eigenvalue weighted by Gasteiger charge is 2.33. The van der Waals surface area contributed by atoms with Crippen molar-refractivity contribution in [2.24, 2.45) is 0 Å². The van der Waals surface area contributed by atoms with Crippen LogP contribution < -0.4 is 0 Å². The average molecular weight is 295 g/mol. The Bertz CT molecular complexity index is 845. The Balaban J connectivity index is 2.15. The SMILES string of the molecule is CC1CCC(C)(Cl)c2ccc3c(ccc4ccccc43)c21. The van der Waals surface area contributed by atoms with Gasteiger partial charge in [0, 0.05) is 0 Å². The van der Waals surface area contributed by atoms with Crippen LogP contribution in [0.5, 0.6) is 0 Å². The van der Waals surface area contributed by atoms with Crippen molar-refractivity contribution in [1.82, 2.24) is 0 Å². The second-order valence-corrected chi connectivity index (χ2v) is 7.38. The summed E-state index contributed by atoms with van der Waals surface area (Å²) in [5.74, 6) is 0.580. The molecular weight excluding hydrogens is 276 g/mol. The van der Waals surface area contributed by atoms with E-state index in [0.717, 1.165) is 6.42 Å². The second kappa shape index (κ2) is 4.48. The highest BCUT2D eigenvalue weighted by Crippen LogP contribution is 2.48. The Hall–Kier alpha value is -1.53. The molecule has 2 unspecified atom stereocenters. The van der Waals surface area contributed by atoms with Gasteiger partial charge in [0.1, 0.15) is 0 Å². The molecule has 21 heavy (non-hydrogen) atoms. The van der Waals surface area contributed by atoms with Crippen LogP contribution in [0.1, 0.15) is 43.7 Å². The zero-order valence-corrected chi connectivity index (χ0v) is 13.2. The molecule has 2 atom stereocenters. The van der Waals surface area contributed by atoms with Crippen LogP contribution in [0.15, 0.2) is 48.5 Å². The van der Waals surface area contributed by atoms with Crippen molar-refractivity contribution >= 4 is 33.1 Å². The van der Waals surface area contributed by atoms with Crippen molar-refractivity contribution in [1.29, 1.82) is 0 Å². The first-order chi connectivity index (χ1) is 10.1. The van der Waals surface area contributed by atoms with E-state index in [4.69, 9.17) is 11.6 Å². The Morgan fingerprint density at radius 2 is 1.71 bits per heavy atom. The van der Waals surface area contributed by atoms with Crippen LogP contribution in [0.3, 0.4) is 0 Å². The van der Waals surface area contributed by atoms with Gasteiger partial charge >= 0.3 is 0 Å². The fraction of sp³-hybridized carbons (Fsp3) is 0.300. The fourth-order valence-electron chi connectivity index (χ4n) is 3.86. The van der Waals surface area contributed by atoms with Gasteiger partial charge in [0.15, 0.2) is 0 Å². The molecule has 0 N–H and O–H groups in total. The minimum absolute atomic E-state index is 0.221. The molecule has 1 aliphatic carbocycles. The third kappa shape index (κ3) is 1.89. The van der Waals surface area contributed by atoms with Crippen molar-refractivity contribution in [3.05, 3.63) is 59.7 Å². The van der Waals surface area contributed by atoms with E-state index in [1.165, 1.54) is 39.1 Å². The van der Waals surface area contributed by atoms with Gasteiger partial charge in [-0.25, -0.2) is 0 Å². The van der Waals surface area contributed by atoms with Crippen molar-refractivity contribution in [3.63, 3.8) is 0 Å². The van der Waals surface area contributed by atoms with Crippen LogP contribution in [-0.2, 0) is 4.87 Å². The largest absolute Gasteiger partial charge is 0.114 e. The molecule has 3 aromatic carbocycles. The fourth-order valence-corrected chi connectivity index (χ4v) is 4.14. The Morgan fingerprint density at radius 3 is 2.57 bits per heavy atom. The molecule has 0 aliphatic heterocycles. The summed E-state index contributed by atoms with van der Waals surface area (Å²) in [6.45, 7) is 4.49. The van der Waals surface area contributed by atoms with E-state index < -0.39 is 0 Å². The summed E-state index contributed by atoms with van der Waals surface area (Å²) in [5.41, 5.74) is 2.78. The summed E-state index contributed by atoms with van der Waals surface area (Å²) in [7, 11) is 0. The minimum atomic E-state index is -0.221. The van der Waals surface area contributed by atoms with Gasteiger partial charge in [-0.2, -0.15) is 0 Å². The predicted molar refractivity (Wildman–Crippen MR) is 92.3 cm³/mol. The standard InChI is InChI=1S/C20H19Cl/c1-13-11-12-20(2,21)18-10-9-16-15-6-4-3-5-14(15)7-8-17(16)19(13)18/h3-10,13H,11-12H2,1-2H3. The van der Waals surface area contributed by atoms with Crippen LogP contribution in [-0.4, -0.2) is 0 Å². The highest BCUT2D eigenvalue weighted by molar-refractivity contribution is 6.24. The lowest BCUT2D eigenvalue weighted by molar-refractivity contribution is 0.489. The Morgan fingerprint density at radius 1 is 0.952 bits per heavy atom. The molecule has 0 saturated carbocycles. The van der Waals surface area contributed by atoms with Gasteiger partial charge in [0.25, 0.3) is 0 Å². The lowest BCUT2D eigenvalue weighted by Crippen LogP contribution is -2.23. The van der Waals surface area contributed by atoms with E-state index >= 15 is 0 Å². The molecule has 0 aromatic heterocycles. The van der Waals surface area contributed by atoms with Gasteiger partial charge in [-0.3, -0.25) is 0 Å². The van der Waals surface area contributed by atoms with Gasteiger partial charge in [0.05, 0.1) is 4.87 Å². The molecule has 0 fully saturated rings. The number of fused-ring (bicyclic) bond motifs is 5. The summed E-state index contributed by atoms with van der Waals surface area (Å²) < 4.78 is 0. The molecule has 0 nitrogen and oxygen atoms in total. The maximum Gasteiger partial charge on any atom is 0.0670 e. The normalized spacial score (nSPS) is 25.2. The van der Waals surface area contributed by atoms with Gasteiger partial charge in [-0.1, -0.05) is 55.5 Å². The number of hydrogen-bond donors (Lipinski definition) is 0. The van der Waals surface area contributed by atoms with Crippen molar-refractivity contribution in [2.75, 3.05) is 0 Å². The molecule has 106 valence electrons. The van der Waals surface area contributed by atoms with E-state index in [1.807, 2.05) is 0 Å². The summed E-state index contributed by atoms with van der Waals surface area (Å²) in [5, 5.41) is 5.38. The van der Waals surface area contributed by atoms with E-state index in [1.54, 1.807) is 0 Å². The maximum absolute atomic E-state index is 6.79. The molecular formula is C20H19Cl. The van der Waals surface area contributed by atoms with Gasteiger partial charge < -0.3 is 0 Å². The lowest BCUT2D eigenvalue weighted by atomic mass is 9.75. The lowest BCUT2D eigenvalue weighted by Gasteiger charge is -2.35. The number of hydrogen-bond acceptors (Lipinski definition) is 0. The Labute approximate surface area is 130 Å². The van der Waals surface area contributed by atoms with Gasteiger partial charge in [-0.05, 0) is 58.4 Å². The zero-order valence-electron chi connectivity index (χ0n) is 12.5. The Kier molecular flexibility index (Phi) is 2.81. The summed E-state index contributed by atoms with van der Waals surface area (Å²) >= 11 is 6.79. The third-order valence-corrected chi connectivity index (χ3v) is 5.46. The summed E-state index contributed by atoms with van der Waals surface area (Å²) in [4.78, 5) is -0.221. The second-order valence-electron chi connectivity index (χ2n) is 6.55. The molecule has 0 heterocycles. The first-order valence-corrected chi connectivity index (χ1v) is 8.09. The third-order valence-electron chi connectivity index (χ3n) is 5.07. The van der Waals surface area contributed by atoms with Gasteiger partial charge in [-0.15, -0.1) is 11.6 Å². The molecule has 0 spiro atoms. The van der Waals surface area contributed by atoms with E-state index in [2.05, 4.69) is 62.4 Å². The van der Waals surface area contributed by atoms with Crippen molar-refractivity contribution < 1.29 is 0 Å². The summed E-state index contributed by atoms with van der Waals surface area (Å²) in [6, 6.07) is 17.7. The molecule has 3 aromatic rings. The molecule has 0 amide bonds. The monoisotopic (exact) mass is 294 g/mol. The average Bonchev–Trinajstić information content (AvgIpc) is 2.50. The number of rotatable bonds is 0. The van der Waals surface area contributed by atoms with E-state index in [0.29, 0.717) is 5.92 Å². The number of alkyl halides is 1. The van der Waals surface area contributed by atoms with E-state index in [-0.39, 0.29) is 4.87 Å². The molecule has 0 bridgehead atoms. The highest BCUT2D eigenvalue weighted by atomic mass is 35.5. The van der Waals surface area contributed by atoms with Crippen LogP contribution in [0.25, 0.3) is 21.5 Å². The molecule has 0 radical (unpaired) electrons. The van der Waals surface area contributed by atoms with Crippen molar-refractivity contribution in [2.45, 2.75) is 37.5 Å². The molecule has 1 heteroatoms. The quantitative estimate of drug-likeness (QED) is 0.335. The molecule has 4 rings (SSSR count). The van der Waals surface area contributed by atoms with Crippen LogP contribution in [0.4, 0.5) is 0 Å². The zero-order chi connectivity index (χ0) is 14.6. The number of benzene rings is 3. The van der Waals surface area contributed by atoms with E-state index in [9.17, 15) is 0 Å². The topological polar surface area (TPSA) is 0 Å². The first-order valence-electron chi connectivity index (χ1n) is 7.72. The van der Waals surface area contributed by atoms with Gasteiger partial charge in [0.2, 0.25) is 0 Å². The summed E-state index contributed by atoms with van der Waals surface area (Å²) in [6.07, 6.45) is 2.22. The maximum atomic E-state index is 6.79. The first kappa shape index (κ1) is 13.2. The van der Waals surface area contributed by atoms with Crippen LogP contribution in [0, 0.1) is 0 Å². The minimum Gasteiger partial charge on any atom is -0.114 e. The molecule has 1 aliphatic rings. The van der Waals surface area contributed by atoms with Crippen molar-refractivity contribution in [3.8, 4) is 0 Å². The van der Waals surface area contributed by atoms with Crippen LogP contribution in [0.2, 0.25) is 0 Å². The predicted octanol–water partition coefficient (Wildman–Crippen LogP) is 6.34. The van der Waals surface area contributed by atoms with Crippen LogP contribution >= 0.6 is 11.6 Å². The molecule has 0 saturated heterocycles. The smallest absolute Gasteiger partial charge is 0.0670 e. The number of halogens is 1.